The van der Waals surface area contributed by atoms with Crippen molar-refractivity contribution in [3.63, 3.8) is 0 Å². The molecule has 0 fully saturated rings. The molecule has 0 rings (SSSR count). The molecule has 0 aliphatic heterocycles. The summed E-state index contributed by atoms with van der Waals surface area (Å²) in [7, 11) is 0. The number of unbranched alkanes of at least 4 members (excludes halogenated alkanes) is 11. The summed E-state index contributed by atoms with van der Waals surface area (Å²) in [5, 5.41) is 0. The molecule has 0 amide bonds. The highest BCUT2D eigenvalue weighted by atomic mass is 14.1. The van der Waals surface area contributed by atoms with E-state index in [9.17, 15) is 0 Å². The average Bonchev–Trinajstić information content (AvgIpc) is 2.48. The standard InChI is InChI=1S/C21H43/c1-4-7-8-9-10-11-12-13-14-15-16-17-20-21(18-5-2)19-6-3/h21H,2,4-20H2,1,3H3. The molecule has 0 aliphatic carbocycles. The van der Waals surface area contributed by atoms with Gasteiger partial charge >= 0.3 is 0 Å². The molecule has 1 atom stereocenters. The summed E-state index contributed by atoms with van der Waals surface area (Å²) < 4.78 is 0. The van der Waals surface area contributed by atoms with Crippen LogP contribution in [0.3, 0.4) is 0 Å². The molecular weight excluding hydrogens is 252 g/mol. The third-order valence-corrected chi connectivity index (χ3v) is 4.78. The maximum absolute atomic E-state index is 4.02. The van der Waals surface area contributed by atoms with Crippen LogP contribution in [0, 0.1) is 12.8 Å². The van der Waals surface area contributed by atoms with Gasteiger partial charge in [0.25, 0.3) is 0 Å². The lowest BCUT2D eigenvalue weighted by atomic mass is 9.92. The second-order valence-corrected chi connectivity index (χ2v) is 6.97. The van der Waals surface area contributed by atoms with Crippen molar-refractivity contribution in [3.05, 3.63) is 6.92 Å². The molecule has 0 bridgehead atoms. The zero-order valence-corrected chi connectivity index (χ0v) is 15.3. The van der Waals surface area contributed by atoms with Crippen molar-refractivity contribution in [2.75, 3.05) is 0 Å². The summed E-state index contributed by atoms with van der Waals surface area (Å²) in [5.41, 5.74) is 0. The van der Waals surface area contributed by atoms with Crippen molar-refractivity contribution in [1.82, 2.24) is 0 Å². The third-order valence-electron chi connectivity index (χ3n) is 4.78. The van der Waals surface area contributed by atoms with Gasteiger partial charge in [-0.3, -0.25) is 0 Å². The molecule has 0 aromatic rings. The van der Waals surface area contributed by atoms with Crippen LogP contribution in [0.5, 0.6) is 0 Å². The van der Waals surface area contributed by atoms with Gasteiger partial charge < -0.3 is 0 Å². The maximum atomic E-state index is 4.02. The van der Waals surface area contributed by atoms with Crippen molar-refractivity contribution >= 4 is 0 Å². The van der Waals surface area contributed by atoms with Gasteiger partial charge in [-0.05, 0) is 5.92 Å². The first-order chi connectivity index (χ1) is 10.3. The number of hydrogen-bond acceptors (Lipinski definition) is 0. The van der Waals surface area contributed by atoms with Gasteiger partial charge in [0.15, 0.2) is 0 Å². The molecule has 0 saturated heterocycles. The Labute approximate surface area is 136 Å². The Kier molecular flexibility index (Phi) is 18.1. The van der Waals surface area contributed by atoms with Gasteiger partial charge in [-0.25, -0.2) is 0 Å². The fourth-order valence-electron chi connectivity index (χ4n) is 3.40. The van der Waals surface area contributed by atoms with Gasteiger partial charge in [-0.2, -0.15) is 0 Å². The fraction of sp³-hybridized carbons (Fsp3) is 0.952. The van der Waals surface area contributed by atoms with Gasteiger partial charge in [0.1, 0.15) is 0 Å². The predicted octanol–water partition coefficient (Wildman–Crippen LogP) is 8.11. The van der Waals surface area contributed by atoms with Gasteiger partial charge in [0, 0.05) is 0 Å². The molecule has 0 saturated carbocycles. The summed E-state index contributed by atoms with van der Waals surface area (Å²) in [4.78, 5) is 0. The number of rotatable bonds is 17. The van der Waals surface area contributed by atoms with E-state index in [4.69, 9.17) is 0 Å². The molecule has 0 heterocycles. The van der Waals surface area contributed by atoms with Crippen molar-refractivity contribution in [2.24, 2.45) is 5.92 Å². The van der Waals surface area contributed by atoms with Crippen LogP contribution >= 0.6 is 0 Å². The fourth-order valence-corrected chi connectivity index (χ4v) is 3.40. The van der Waals surface area contributed by atoms with Crippen LogP contribution in [-0.2, 0) is 0 Å². The van der Waals surface area contributed by atoms with Crippen molar-refractivity contribution in [1.29, 1.82) is 0 Å². The minimum atomic E-state index is 0.968. The molecule has 0 N–H and O–H groups in total. The Bertz CT molecular complexity index is 167. The van der Waals surface area contributed by atoms with Gasteiger partial charge in [-0.15, -0.1) is 0 Å². The van der Waals surface area contributed by atoms with Crippen molar-refractivity contribution in [3.8, 4) is 0 Å². The predicted molar refractivity (Wildman–Crippen MR) is 98.7 cm³/mol. The minimum Gasteiger partial charge on any atom is -0.0654 e. The molecule has 1 radical (unpaired) electrons. The summed E-state index contributed by atoms with van der Waals surface area (Å²) in [6.07, 6.45) is 24.2. The zero-order chi connectivity index (χ0) is 15.6. The van der Waals surface area contributed by atoms with Crippen LogP contribution in [0.4, 0.5) is 0 Å². The van der Waals surface area contributed by atoms with E-state index in [2.05, 4.69) is 20.8 Å². The first-order valence-corrected chi connectivity index (χ1v) is 10.1. The highest BCUT2D eigenvalue weighted by molar-refractivity contribution is 4.60. The van der Waals surface area contributed by atoms with Gasteiger partial charge in [0.05, 0.1) is 0 Å². The van der Waals surface area contributed by atoms with E-state index in [-0.39, 0.29) is 0 Å². The second kappa shape index (κ2) is 18.1. The lowest BCUT2D eigenvalue weighted by Crippen LogP contribution is -1.99. The molecule has 0 aromatic heterocycles. The average molecular weight is 296 g/mol. The first-order valence-electron chi connectivity index (χ1n) is 10.1. The SMILES string of the molecule is [CH2]CCC(CCC)CCCCCCCCCCCCCC. The van der Waals surface area contributed by atoms with Crippen LogP contribution < -0.4 is 0 Å². The topological polar surface area (TPSA) is 0 Å². The largest absolute Gasteiger partial charge is 0.0654 e. The summed E-state index contributed by atoms with van der Waals surface area (Å²) >= 11 is 0. The molecule has 0 aromatic carbocycles. The van der Waals surface area contributed by atoms with E-state index in [1.165, 1.54) is 103 Å². The van der Waals surface area contributed by atoms with E-state index >= 15 is 0 Å². The molecule has 21 heavy (non-hydrogen) atoms. The van der Waals surface area contributed by atoms with E-state index in [0.717, 1.165) is 12.3 Å². The summed E-state index contributed by atoms with van der Waals surface area (Å²) in [5.74, 6) is 0.968. The highest BCUT2D eigenvalue weighted by Crippen LogP contribution is 2.21. The van der Waals surface area contributed by atoms with Crippen molar-refractivity contribution in [2.45, 2.75) is 123 Å². The smallest absolute Gasteiger partial charge is 0.0414 e. The minimum absolute atomic E-state index is 0.968. The summed E-state index contributed by atoms with van der Waals surface area (Å²) in [6.45, 7) is 8.63. The van der Waals surface area contributed by atoms with Crippen molar-refractivity contribution < 1.29 is 0 Å². The third kappa shape index (κ3) is 16.2. The van der Waals surface area contributed by atoms with Crippen LogP contribution in [-0.4, -0.2) is 0 Å². The molecule has 0 heteroatoms. The maximum Gasteiger partial charge on any atom is -0.0414 e. The van der Waals surface area contributed by atoms with Crippen LogP contribution in [0.2, 0.25) is 0 Å². The molecule has 0 aliphatic rings. The molecular formula is C21H43. The second-order valence-electron chi connectivity index (χ2n) is 6.97. The number of hydrogen-bond donors (Lipinski definition) is 0. The Hall–Kier alpha value is 0. The monoisotopic (exact) mass is 295 g/mol. The summed E-state index contributed by atoms with van der Waals surface area (Å²) in [6, 6.07) is 0. The van der Waals surface area contributed by atoms with Gasteiger partial charge in [-0.1, -0.05) is 130 Å². The Morgan fingerprint density at radius 1 is 0.524 bits per heavy atom. The molecule has 127 valence electrons. The molecule has 1 unspecified atom stereocenters. The normalized spacial score (nSPS) is 11.4. The Balaban J connectivity index is 3.17. The Morgan fingerprint density at radius 2 is 1.00 bits per heavy atom. The highest BCUT2D eigenvalue weighted by Gasteiger charge is 2.05. The van der Waals surface area contributed by atoms with E-state index in [1.807, 2.05) is 0 Å². The van der Waals surface area contributed by atoms with Crippen LogP contribution in [0.1, 0.15) is 123 Å². The quantitative estimate of drug-likeness (QED) is 0.238. The first kappa shape index (κ1) is 21.0. The van der Waals surface area contributed by atoms with Crippen LogP contribution in [0.25, 0.3) is 0 Å². The van der Waals surface area contributed by atoms with E-state index in [0.29, 0.717) is 0 Å². The lowest BCUT2D eigenvalue weighted by molar-refractivity contribution is 0.396. The zero-order valence-electron chi connectivity index (χ0n) is 15.3. The van der Waals surface area contributed by atoms with Gasteiger partial charge in [0.2, 0.25) is 0 Å². The Morgan fingerprint density at radius 3 is 1.43 bits per heavy atom. The van der Waals surface area contributed by atoms with E-state index < -0.39 is 0 Å². The molecule has 0 nitrogen and oxygen atoms in total. The lowest BCUT2D eigenvalue weighted by Gasteiger charge is -2.14. The van der Waals surface area contributed by atoms with Crippen LogP contribution in [0.15, 0.2) is 0 Å². The molecule has 0 spiro atoms. The van der Waals surface area contributed by atoms with E-state index in [1.54, 1.807) is 0 Å².